The van der Waals surface area contributed by atoms with Gasteiger partial charge in [-0.1, -0.05) is 13.0 Å². The van der Waals surface area contributed by atoms with Gasteiger partial charge in [-0.3, -0.25) is 4.79 Å². The van der Waals surface area contributed by atoms with E-state index < -0.39 is 0 Å². The summed E-state index contributed by atoms with van der Waals surface area (Å²) in [6.45, 7) is 6.03. The quantitative estimate of drug-likeness (QED) is 0.802. The highest BCUT2D eigenvalue weighted by Crippen LogP contribution is 2.28. The normalized spacial score (nSPS) is 13.2. The highest BCUT2D eigenvalue weighted by atomic mass is 16.5. The Morgan fingerprint density at radius 3 is 2.56 bits per heavy atom. The summed E-state index contributed by atoms with van der Waals surface area (Å²) in [5.74, 6) is 1.59. The van der Waals surface area contributed by atoms with Gasteiger partial charge in [0.2, 0.25) is 5.91 Å². The molecule has 2 aromatic rings. The van der Waals surface area contributed by atoms with Gasteiger partial charge in [0.1, 0.15) is 5.82 Å². The van der Waals surface area contributed by atoms with Gasteiger partial charge in [0.15, 0.2) is 11.5 Å². The highest BCUT2D eigenvalue weighted by molar-refractivity contribution is 5.92. The zero-order chi connectivity index (χ0) is 18.6. The average Bonchev–Trinajstić information content (AvgIpc) is 2.93. The van der Waals surface area contributed by atoms with Crippen LogP contribution in [0.1, 0.15) is 25.0 Å². The number of anilines is 1. The van der Waals surface area contributed by atoms with E-state index in [1.165, 1.54) is 0 Å². The number of methoxy groups -OCH3 is 2. The molecule has 2 unspecified atom stereocenters. The van der Waals surface area contributed by atoms with E-state index in [0.717, 1.165) is 11.1 Å². The molecule has 1 aromatic heterocycles. The van der Waals surface area contributed by atoms with Crippen LogP contribution in [-0.4, -0.2) is 35.9 Å². The molecule has 1 amide bonds. The second-order valence-corrected chi connectivity index (χ2v) is 6.16. The predicted molar refractivity (Wildman–Crippen MR) is 97.1 cm³/mol. The van der Waals surface area contributed by atoms with Gasteiger partial charge in [0.05, 0.1) is 32.9 Å². The molecule has 0 saturated heterocycles. The molecule has 0 aliphatic carbocycles. The van der Waals surface area contributed by atoms with Crippen molar-refractivity contribution in [2.45, 2.75) is 33.4 Å². The number of rotatable bonds is 7. The topological polar surface area (TPSA) is 91.4 Å². The van der Waals surface area contributed by atoms with Crippen molar-refractivity contribution >= 4 is 11.7 Å². The minimum absolute atomic E-state index is 0.118. The van der Waals surface area contributed by atoms with Crippen molar-refractivity contribution in [1.82, 2.24) is 9.78 Å². The summed E-state index contributed by atoms with van der Waals surface area (Å²) in [6.07, 6.45) is 1.73. The maximum Gasteiger partial charge on any atom is 0.229 e. The lowest BCUT2D eigenvalue weighted by Crippen LogP contribution is -2.35. The lowest BCUT2D eigenvalue weighted by molar-refractivity contribution is -0.119. The van der Waals surface area contributed by atoms with Crippen LogP contribution in [0.5, 0.6) is 11.5 Å². The Balaban J connectivity index is 2.23. The van der Waals surface area contributed by atoms with Crippen molar-refractivity contribution in [3.8, 4) is 11.5 Å². The number of hydrogen-bond acceptors (Lipinski definition) is 5. The molecule has 0 aliphatic rings. The molecule has 2 atom stereocenters. The second kappa shape index (κ2) is 8.02. The molecule has 0 fully saturated rings. The van der Waals surface area contributed by atoms with Crippen molar-refractivity contribution < 1.29 is 14.3 Å². The fourth-order valence-corrected chi connectivity index (χ4v) is 2.38. The molecular weight excluding hydrogens is 320 g/mol. The molecule has 1 heterocycles. The molecule has 25 heavy (non-hydrogen) atoms. The minimum Gasteiger partial charge on any atom is -0.493 e. The van der Waals surface area contributed by atoms with Crippen molar-refractivity contribution in [1.29, 1.82) is 0 Å². The lowest BCUT2D eigenvalue weighted by atomic mass is 10.0. The Bertz CT molecular complexity index is 740. The van der Waals surface area contributed by atoms with Crippen molar-refractivity contribution in [2.24, 2.45) is 11.7 Å². The smallest absolute Gasteiger partial charge is 0.229 e. The number of nitrogens with one attached hydrogen (secondary N) is 1. The first-order valence-electron chi connectivity index (χ1n) is 8.17. The van der Waals surface area contributed by atoms with Crippen LogP contribution >= 0.6 is 0 Å². The summed E-state index contributed by atoms with van der Waals surface area (Å²) in [4.78, 5) is 12.3. The average molecular weight is 346 g/mol. The minimum atomic E-state index is -0.288. The van der Waals surface area contributed by atoms with Gasteiger partial charge in [-0.25, -0.2) is 4.68 Å². The van der Waals surface area contributed by atoms with E-state index in [9.17, 15) is 4.79 Å². The maximum absolute atomic E-state index is 12.3. The Kier molecular flexibility index (Phi) is 6.03. The molecule has 3 N–H and O–H groups in total. The van der Waals surface area contributed by atoms with E-state index in [-0.39, 0.29) is 17.9 Å². The van der Waals surface area contributed by atoms with Gasteiger partial charge >= 0.3 is 0 Å². The number of nitrogens with zero attached hydrogens (tertiary/aromatic N) is 2. The largest absolute Gasteiger partial charge is 0.493 e. The number of aromatic nitrogens is 2. The zero-order valence-corrected chi connectivity index (χ0v) is 15.4. The van der Waals surface area contributed by atoms with Crippen LogP contribution < -0.4 is 20.5 Å². The van der Waals surface area contributed by atoms with Gasteiger partial charge < -0.3 is 20.5 Å². The number of ether oxygens (including phenoxy) is 2. The van der Waals surface area contributed by atoms with E-state index in [2.05, 4.69) is 10.4 Å². The number of carbonyl (C=O) groups excluding carboxylic acids is 1. The van der Waals surface area contributed by atoms with Crippen molar-refractivity contribution in [3.63, 3.8) is 0 Å². The van der Waals surface area contributed by atoms with Crippen molar-refractivity contribution in [3.05, 3.63) is 35.5 Å². The monoisotopic (exact) mass is 346 g/mol. The van der Waals surface area contributed by atoms with Crippen LogP contribution in [0.4, 0.5) is 5.82 Å². The fraction of sp³-hybridized carbons (Fsp3) is 0.444. The third kappa shape index (κ3) is 4.30. The molecule has 0 bridgehead atoms. The van der Waals surface area contributed by atoms with E-state index in [1.807, 2.05) is 39.0 Å². The Hall–Kier alpha value is -2.54. The summed E-state index contributed by atoms with van der Waals surface area (Å²) in [5.41, 5.74) is 7.69. The Labute approximate surface area is 148 Å². The number of aryl methyl sites for hydroxylation is 1. The van der Waals surface area contributed by atoms with Crippen LogP contribution in [-0.2, 0) is 11.3 Å². The third-order valence-corrected chi connectivity index (χ3v) is 4.25. The van der Waals surface area contributed by atoms with E-state index in [4.69, 9.17) is 15.2 Å². The van der Waals surface area contributed by atoms with Gasteiger partial charge in [-0.2, -0.15) is 5.10 Å². The number of amides is 1. The second-order valence-electron chi connectivity index (χ2n) is 6.16. The zero-order valence-electron chi connectivity index (χ0n) is 15.4. The molecule has 0 radical (unpaired) electrons. The van der Waals surface area contributed by atoms with Gasteiger partial charge in [-0.15, -0.1) is 0 Å². The molecule has 0 saturated carbocycles. The summed E-state index contributed by atoms with van der Waals surface area (Å²) in [5, 5.41) is 7.30. The molecule has 0 spiro atoms. The first-order valence-corrected chi connectivity index (χ1v) is 8.17. The van der Waals surface area contributed by atoms with Crippen LogP contribution in [0.2, 0.25) is 0 Å². The first kappa shape index (κ1) is 18.8. The number of hydrogen-bond donors (Lipinski definition) is 2. The fourth-order valence-electron chi connectivity index (χ4n) is 2.38. The molecule has 7 heteroatoms. The van der Waals surface area contributed by atoms with E-state index >= 15 is 0 Å². The summed E-state index contributed by atoms with van der Waals surface area (Å²) < 4.78 is 12.3. The molecule has 1 aromatic carbocycles. The van der Waals surface area contributed by atoms with Gasteiger partial charge in [-0.05, 0) is 31.5 Å². The van der Waals surface area contributed by atoms with Gasteiger partial charge in [0.25, 0.3) is 0 Å². The van der Waals surface area contributed by atoms with Crippen LogP contribution in [0.3, 0.4) is 0 Å². The number of benzene rings is 1. The van der Waals surface area contributed by atoms with Gasteiger partial charge in [0, 0.05) is 11.6 Å². The predicted octanol–water partition coefficient (Wildman–Crippen LogP) is 2.18. The molecule has 0 aliphatic heterocycles. The molecular formula is C18H26N4O3. The first-order chi connectivity index (χ1) is 11.9. The van der Waals surface area contributed by atoms with E-state index in [0.29, 0.717) is 23.9 Å². The third-order valence-electron chi connectivity index (χ3n) is 4.25. The number of carbonyl (C=O) groups is 1. The summed E-state index contributed by atoms with van der Waals surface area (Å²) in [6, 6.07) is 5.46. The number of nitrogens with two attached hydrogens (primary N) is 1. The molecule has 7 nitrogen and oxygen atoms in total. The van der Waals surface area contributed by atoms with Crippen LogP contribution in [0.25, 0.3) is 0 Å². The lowest BCUT2D eigenvalue weighted by Gasteiger charge is -2.17. The van der Waals surface area contributed by atoms with Crippen LogP contribution in [0, 0.1) is 12.8 Å². The summed E-state index contributed by atoms with van der Waals surface area (Å²) in [7, 11) is 3.20. The van der Waals surface area contributed by atoms with Crippen LogP contribution in [0.15, 0.2) is 24.4 Å². The SMILES string of the molecule is COc1ccc(Cn2ncc(C)c2NC(=O)C(C)C(C)N)cc1OC. The Morgan fingerprint density at radius 2 is 1.96 bits per heavy atom. The Morgan fingerprint density at radius 1 is 1.28 bits per heavy atom. The van der Waals surface area contributed by atoms with Crippen molar-refractivity contribution in [2.75, 3.05) is 19.5 Å². The standard InChI is InChI=1S/C18H26N4O3/c1-11-9-20-22(17(11)21-18(23)12(2)13(3)19)10-14-6-7-15(24-4)16(8-14)25-5/h6-9,12-13H,10,19H2,1-5H3,(H,21,23). The maximum atomic E-state index is 12.3. The molecule has 136 valence electrons. The van der Waals surface area contributed by atoms with E-state index in [1.54, 1.807) is 25.1 Å². The molecule has 2 rings (SSSR count). The highest BCUT2D eigenvalue weighted by Gasteiger charge is 2.20. The summed E-state index contributed by atoms with van der Waals surface area (Å²) >= 11 is 0.